The van der Waals surface area contributed by atoms with E-state index >= 15 is 0 Å². The molecule has 1 saturated heterocycles. The number of amides is 1. The van der Waals surface area contributed by atoms with E-state index in [1.54, 1.807) is 0 Å². The van der Waals surface area contributed by atoms with Crippen LogP contribution in [0.2, 0.25) is 0 Å². The van der Waals surface area contributed by atoms with Gasteiger partial charge in [0.2, 0.25) is 5.91 Å². The highest BCUT2D eigenvalue weighted by molar-refractivity contribution is 9.10. The second-order valence-electron chi connectivity index (χ2n) is 4.37. The van der Waals surface area contributed by atoms with Crippen molar-refractivity contribution in [3.05, 3.63) is 28.0 Å². The topological polar surface area (TPSA) is 83.6 Å². The third-order valence-corrected chi connectivity index (χ3v) is 3.76. The van der Waals surface area contributed by atoms with Crippen LogP contribution in [0.5, 0.6) is 0 Å². The van der Waals surface area contributed by atoms with E-state index in [0.717, 1.165) is 6.07 Å². The molecule has 0 bridgehead atoms. The minimum Gasteiger partial charge on any atom is -0.478 e. The Labute approximate surface area is 117 Å². The zero-order valence-corrected chi connectivity index (χ0v) is 11.5. The van der Waals surface area contributed by atoms with Crippen molar-refractivity contribution in [2.24, 2.45) is 11.7 Å². The first kappa shape index (κ1) is 14.0. The molecule has 1 aromatic carbocycles. The summed E-state index contributed by atoms with van der Waals surface area (Å²) in [5.41, 5.74) is 5.07. The maximum absolute atomic E-state index is 13.9. The van der Waals surface area contributed by atoms with Gasteiger partial charge in [-0.1, -0.05) is 0 Å². The number of benzene rings is 1. The van der Waals surface area contributed by atoms with Gasteiger partial charge in [0.05, 0.1) is 5.69 Å². The SMILES string of the molecule is NCC1CC(=O)N(c2c(F)ccc(Br)c2C(=O)O)C1. The number of hydrogen-bond acceptors (Lipinski definition) is 3. The van der Waals surface area contributed by atoms with Crippen LogP contribution in [0.15, 0.2) is 16.6 Å². The van der Waals surface area contributed by atoms with Crippen LogP contribution in [0.3, 0.4) is 0 Å². The fourth-order valence-corrected chi connectivity index (χ4v) is 2.65. The average molecular weight is 331 g/mol. The molecular weight excluding hydrogens is 319 g/mol. The molecular formula is C12H12BrFN2O3. The summed E-state index contributed by atoms with van der Waals surface area (Å²) in [5, 5.41) is 9.18. The molecule has 0 radical (unpaired) electrons. The second-order valence-corrected chi connectivity index (χ2v) is 5.22. The number of carbonyl (C=O) groups is 2. The van der Waals surface area contributed by atoms with Crippen molar-refractivity contribution >= 4 is 33.5 Å². The number of carbonyl (C=O) groups excluding carboxylic acids is 1. The van der Waals surface area contributed by atoms with Crippen LogP contribution < -0.4 is 10.6 Å². The Bertz CT molecular complexity index is 550. The van der Waals surface area contributed by atoms with Crippen LogP contribution in [0.25, 0.3) is 0 Å². The van der Waals surface area contributed by atoms with Gasteiger partial charge in [-0.2, -0.15) is 0 Å². The summed E-state index contributed by atoms with van der Waals surface area (Å²) in [4.78, 5) is 24.3. The lowest BCUT2D eigenvalue weighted by Crippen LogP contribution is -2.28. The van der Waals surface area contributed by atoms with Gasteiger partial charge in [0.15, 0.2) is 0 Å². The highest BCUT2D eigenvalue weighted by atomic mass is 79.9. The zero-order valence-electron chi connectivity index (χ0n) is 9.90. The Morgan fingerprint density at radius 1 is 1.58 bits per heavy atom. The lowest BCUT2D eigenvalue weighted by Gasteiger charge is -2.20. The van der Waals surface area contributed by atoms with Crippen molar-refractivity contribution in [2.75, 3.05) is 18.0 Å². The minimum atomic E-state index is -1.29. The fourth-order valence-electron chi connectivity index (χ4n) is 2.16. The van der Waals surface area contributed by atoms with E-state index in [1.807, 2.05) is 0 Å². The van der Waals surface area contributed by atoms with Crippen molar-refractivity contribution in [2.45, 2.75) is 6.42 Å². The van der Waals surface area contributed by atoms with Crippen molar-refractivity contribution in [1.82, 2.24) is 0 Å². The van der Waals surface area contributed by atoms with Gasteiger partial charge < -0.3 is 15.7 Å². The molecule has 102 valence electrons. The summed E-state index contributed by atoms with van der Waals surface area (Å²) in [6.45, 7) is 0.545. The molecule has 1 amide bonds. The molecule has 2 rings (SSSR count). The number of rotatable bonds is 3. The summed E-state index contributed by atoms with van der Waals surface area (Å²) < 4.78 is 14.2. The van der Waals surface area contributed by atoms with Gasteiger partial charge in [-0.3, -0.25) is 4.79 Å². The average Bonchev–Trinajstić information content (AvgIpc) is 2.72. The lowest BCUT2D eigenvalue weighted by atomic mass is 10.1. The van der Waals surface area contributed by atoms with Crippen LogP contribution in [0, 0.1) is 11.7 Å². The van der Waals surface area contributed by atoms with Crippen LogP contribution in [0.1, 0.15) is 16.8 Å². The predicted octanol–water partition coefficient (Wildman–Crippen LogP) is 1.60. The molecule has 1 fully saturated rings. The van der Waals surface area contributed by atoms with Gasteiger partial charge in [0, 0.05) is 17.4 Å². The number of carboxylic acids is 1. The molecule has 1 aromatic rings. The molecule has 0 aliphatic carbocycles. The van der Waals surface area contributed by atoms with Gasteiger partial charge in [0.1, 0.15) is 11.4 Å². The normalized spacial score (nSPS) is 19.0. The van der Waals surface area contributed by atoms with Gasteiger partial charge in [-0.05, 0) is 40.5 Å². The molecule has 0 saturated carbocycles. The molecule has 1 aliphatic rings. The number of carboxylic acid groups (broad SMARTS) is 1. The molecule has 1 aliphatic heterocycles. The van der Waals surface area contributed by atoms with Gasteiger partial charge in [0.25, 0.3) is 0 Å². The molecule has 5 nitrogen and oxygen atoms in total. The van der Waals surface area contributed by atoms with Gasteiger partial charge >= 0.3 is 5.97 Å². The Morgan fingerprint density at radius 2 is 2.26 bits per heavy atom. The van der Waals surface area contributed by atoms with E-state index in [4.69, 9.17) is 5.73 Å². The fraction of sp³-hybridized carbons (Fsp3) is 0.333. The Kier molecular flexibility index (Phi) is 3.86. The third-order valence-electron chi connectivity index (χ3n) is 3.10. The molecule has 19 heavy (non-hydrogen) atoms. The van der Waals surface area contributed by atoms with E-state index in [2.05, 4.69) is 15.9 Å². The Morgan fingerprint density at radius 3 is 2.79 bits per heavy atom. The summed E-state index contributed by atoms with van der Waals surface area (Å²) in [6.07, 6.45) is 0.210. The quantitative estimate of drug-likeness (QED) is 0.881. The highest BCUT2D eigenvalue weighted by Gasteiger charge is 2.34. The molecule has 1 atom stereocenters. The van der Waals surface area contributed by atoms with Gasteiger partial charge in [-0.25, -0.2) is 9.18 Å². The summed E-state index contributed by atoms with van der Waals surface area (Å²) in [6, 6.07) is 2.44. The summed E-state index contributed by atoms with van der Waals surface area (Å²) >= 11 is 3.07. The molecule has 1 unspecified atom stereocenters. The first-order valence-corrected chi connectivity index (χ1v) is 6.46. The van der Waals surface area contributed by atoms with E-state index in [1.165, 1.54) is 11.0 Å². The van der Waals surface area contributed by atoms with Gasteiger partial charge in [-0.15, -0.1) is 0 Å². The van der Waals surface area contributed by atoms with E-state index in [-0.39, 0.29) is 40.5 Å². The monoisotopic (exact) mass is 330 g/mol. The van der Waals surface area contributed by atoms with E-state index in [0.29, 0.717) is 6.54 Å². The van der Waals surface area contributed by atoms with Crippen molar-refractivity contribution in [1.29, 1.82) is 0 Å². The number of nitrogens with zero attached hydrogens (tertiary/aromatic N) is 1. The first-order chi connectivity index (χ1) is 8.95. The predicted molar refractivity (Wildman–Crippen MR) is 70.6 cm³/mol. The number of nitrogens with two attached hydrogens (primary N) is 1. The maximum atomic E-state index is 13.9. The molecule has 7 heteroatoms. The smallest absolute Gasteiger partial charge is 0.339 e. The van der Waals surface area contributed by atoms with Crippen molar-refractivity contribution in [3.8, 4) is 0 Å². The van der Waals surface area contributed by atoms with E-state index in [9.17, 15) is 19.1 Å². The number of anilines is 1. The standard InChI is InChI=1S/C12H12BrFN2O3/c13-7-1-2-8(14)11(10(7)12(18)19)16-5-6(4-15)3-9(16)17/h1-2,6H,3-5,15H2,(H,18,19). The Balaban J connectivity index is 2.53. The summed E-state index contributed by atoms with van der Waals surface area (Å²) in [5.74, 6) is -2.40. The molecule has 0 spiro atoms. The van der Waals surface area contributed by atoms with Crippen LogP contribution in [-0.4, -0.2) is 30.1 Å². The Hall–Kier alpha value is -1.47. The van der Waals surface area contributed by atoms with E-state index < -0.39 is 11.8 Å². The number of hydrogen-bond donors (Lipinski definition) is 2. The van der Waals surface area contributed by atoms with Crippen LogP contribution in [-0.2, 0) is 4.79 Å². The van der Waals surface area contributed by atoms with Crippen LogP contribution >= 0.6 is 15.9 Å². The molecule has 3 N–H and O–H groups in total. The lowest BCUT2D eigenvalue weighted by molar-refractivity contribution is -0.117. The van der Waals surface area contributed by atoms with Crippen molar-refractivity contribution < 1.29 is 19.1 Å². The van der Waals surface area contributed by atoms with Crippen LogP contribution in [0.4, 0.5) is 10.1 Å². The first-order valence-electron chi connectivity index (χ1n) is 5.67. The number of aromatic carboxylic acids is 1. The molecule has 1 heterocycles. The zero-order chi connectivity index (χ0) is 14.2. The second kappa shape index (κ2) is 5.26. The number of halogens is 2. The third kappa shape index (κ3) is 2.48. The summed E-state index contributed by atoms with van der Waals surface area (Å²) in [7, 11) is 0. The highest BCUT2D eigenvalue weighted by Crippen LogP contribution is 2.34. The largest absolute Gasteiger partial charge is 0.478 e. The van der Waals surface area contributed by atoms with Crippen molar-refractivity contribution in [3.63, 3.8) is 0 Å². The minimum absolute atomic E-state index is 0.0764. The maximum Gasteiger partial charge on any atom is 0.339 e. The molecule has 0 aromatic heterocycles.